The molecule has 2 N–H and O–H groups in total. The van der Waals surface area contributed by atoms with Crippen molar-refractivity contribution in [1.82, 2.24) is 0 Å². The molecule has 2 rings (SSSR count). The minimum absolute atomic E-state index is 0.562. The monoisotopic (exact) mass is 287 g/mol. The first-order valence-electron chi connectivity index (χ1n) is 6.95. The van der Waals surface area contributed by atoms with Crippen molar-refractivity contribution in [3.63, 3.8) is 0 Å². The van der Waals surface area contributed by atoms with Crippen LogP contribution in [0.25, 0.3) is 0 Å². The molecule has 2 aromatic rings. The highest BCUT2D eigenvalue weighted by molar-refractivity contribution is 5.51. The fourth-order valence-electron chi connectivity index (χ4n) is 1.94. The van der Waals surface area contributed by atoms with E-state index >= 15 is 0 Å². The van der Waals surface area contributed by atoms with E-state index in [9.17, 15) is 0 Å². The van der Waals surface area contributed by atoms with Gasteiger partial charge in [-0.05, 0) is 36.8 Å². The van der Waals surface area contributed by atoms with Crippen LogP contribution in [-0.4, -0.2) is 20.3 Å². The summed E-state index contributed by atoms with van der Waals surface area (Å²) in [7, 11) is 1.60. The lowest BCUT2D eigenvalue weighted by Crippen LogP contribution is -2.06. The second kappa shape index (κ2) is 7.43. The van der Waals surface area contributed by atoms with Crippen LogP contribution in [-0.2, 0) is 0 Å². The molecule has 0 bridgehead atoms. The molecular formula is C17H21NO3. The van der Waals surface area contributed by atoms with Crippen LogP contribution in [0.3, 0.4) is 0 Å². The Kier molecular flexibility index (Phi) is 5.32. The summed E-state index contributed by atoms with van der Waals surface area (Å²) in [6, 6.07) is 13.4. The number of rotatable bonds is 7. The third kappa shape index (κ3) is 4.60. The molecule has 0 radical (unpaired) electrons. The number of ether oxygens (including phenoxy) is 3. The molecule has 2 aromatic carbocycles. The van der Waals surface area contributed by atoms with Crippen molar-refractivity contribution in [2.45, 2.75) is 13.3 Å². The number of aryl methyl sites for hydroxylation is 1. The third-order valence-corrected chi connectivity index (χ3v) is 2.99. The van der Waals surface area contributed by atoms with Gasteiger partial charge in [-0.1, -0.05) is 12.1 Å². The molecule has 0 atom stereocenters. The molecule has 0 aliphatic rings. The third-order valence-electron chi connectivity index (χ3n) is 2.99. The summed E-state index contributed by atoms with van der Waals surface area (Å²) in [5.74, 6) is 2.23. The zero-order chi connectivity index (χ0) is 15.1. The highest BCUT2D eigenvalue weighted by Crippen LogP contribution is 2.28. The van der Waals surface area contributed by atoms with Gasteiger partial charge in [0.25, 0.3) is 0 Å². The Labute approximate surface area is 125 Å². The minimum Gasteiger partial charge on any atom is -0.493 e. The van der Waals surface area contributed by atoms with E-state index in [2.05, 4.69) is 0 Å². The van der Waals surface area contributed by atoms with Gasteiger partial charge in [-0.25, -0.2) is 0 Å². The summed E-state index contributed by atoms with van der Waals surface area (Å²) < 4.78 is 16.6. The van der Waals surface area contributed by atoms with Gasteiger partial charge < -0.3 is 19.9 Å². The number of methoxy groups -OCH3 is 1. The lowest BCUT2D eigenvalue weighted by atomic mass is 10.2. The van der Waals surface area contributed by atoms with Crippen molar-refractivity contribution < 1.29 is 14.2 Å². The predicted octanol–water partition coefficient (Wildman–Crippen LogP) is 3.43. The van der Waals surface area contributed by atoms with Gasteiger partial charge in [0.15, 0.2) is 11.5 Å². The van der Waals surface area contributed by atoms with Gasteiger partial charge in [0.1, 0.15) is 5.75 Å². The summed E-state index contributed by atoms with van der Waals surface area (Å²) in [6.45, 7) is 3.22. The van der Waals surface area contributed by atoms with Crippen LogP contribution >= 0.6 is 0 Å². The molecule has 0 spiro atoms. The molecule has 21 heavy (non-hydrogen) atoms. The standard InChI is InChI=1S/C17H21NO3/c1-13-5-3-6-15(11-13)20-9-4-10-21-16-8-7-14(18)12-17(16)19-2/h3,5-8,11-12H,4,9-10,18H2,1-2H3. The number of hydrogen-bond donors (Lipinski definition) is 1. The van der Waals surface area contributed by atoms with Crippen molar-refractivity contribution in [1.29, 1.82) is 0 Å². The van der Waals surface area contributed by atoms with Gasteiger partial charge in [0.2, 0.25) is 0 Å². The summed E-state index contributed by atoms with van der Waals surface area (Å²) >= 11 is 0. The molecule has 4 heteroatoms. The molecule has 0 fully saturated rings. The lowest BCUT2D eigenvalue weighted by Gasteiger charge is -2.11. The fraction of sp³-hybridized carbons (Fsp3) is 0.294. The average molecular weight is 287 g/mol. The van der Waals surface area contributed by atoms with E-state index in [1.807, 2.05) is 37.3 Å². The SMILES string of the molecule is COc1cc(N)ccc1OCCCOc1cccc(C)c1. The second-order valence-electron chi connectivity index (χ2n) is 4.78. The van der Waals surface area contributed by atoms with Crippen molar-refractivity contribution in [3.8, 4) is 17.2 Å². The molecule has 0 saturated heterocycles. The molecule has 0 saturated carbocycles. The van der Waals surface area contributed by atoms with Gasteiger partial charge in [0.05, 0.1) is 20.3 Å². The fourth-order valence-corrected chi connectivity index (χ4v) is 1.94. The minimum atomic E-state index is 0.562. The topological polar surface area (TPSA) is 53.7 Å². The maximum atomic E-state index is 5.70. The highest BCUT2D eigenvalue weighted by Gasteiger charge is 2.04. The molecule has 0 heterocycles. The summed E-state index contributed by atoms with van der Waals surface area (Å²) in [4.78, 5) is 0. The van der Waals surface area contributed by atoms with Crippen molar-refractivity contribution in [2.24, 2.45) is 0 Å². The van der Waals surface area contributed by atoms with Gasteiger partial charge in [-0.3, -0.25) is 0 Å². The Morgan fingerprint density at radius 3 is 2.52 bits per heavy atom. The normalized spacial score (nSPS) is 10.2. The summed E-state index contributed by atoms with van der Waals surface area (Å²) in [5, 5.41) is 0. The van der Waals surface area contributed by atoms with Crippen LogP contribution in [0.2, 0.25) is 0 Å². The molecule has 0 aliphatic carbocycles. The lowest BCUT2D eigenvalue weighted by molar-refractivity contribution is 0.240. The first-order valence-corrected chi connectivity index (χ1v) is 6.95. The molecular weight excluding hydrogens is 266 g/mol. The second-order valence-corrected chi connectivity index (χ2v) is 4.78. The van der Waals surface area contributed by atoms with E-state index in [-0.39, 0.29) is 0 Å². The van der Waals surface area contributed by atoms with Crippen LogP contribution in [0.1, 0.15) is 12.0 Å². The quantitative estimate of drug-likeness (QED) is 0.626. The average Bonchev–Trinajstić information content (AvgIpc) is 2.48. The maximum absolute atomic E-state index is 5.70. The van der Waals surface area contributed by atoms with Crippen LogP contribution in [0, 0.1) is 6.92 Å². The Balaban J connectivity index is 1.75. The van der Waals surface area contributed by atoms with E-state index < -0.39 is 0 Å². The van der Waals surface area contributed by atoms with Crippen molar-refractivity contribution in [3.05, 3.63) is 48.0 Å². The highest BCUT2D eigenvalue weighted by atomic mass is 16.5. The largest absolute Gasteiger partial charge is 0.493 e. The summed E-state index contributed by atoms with van der Waals surface area (Å²) in [5.41, 5.74) is 7.55. The zero-order valence-corrected chi connectivity index (χ0v) is 12.5. The Morgan fingerprint density at radius 2 is 1.76 bits per heavy atom. The van der Waals surface area contributed by atoms with Gasteiger partial charge in [-0.2, -0.15) is 0 Å². The van der Waals surface area contributed by atoms with Gasteiger partial charge in [0, 0.05) is 18.2 Å². The number of hydrogen-bond acceptors (Lipinski definition) is 4. The van der Waals surface area contributed by atoms with E-state index in [4.69, 9.17) is 19.9 Å². The first-order chi connectivity index (χ1) is 10.2. The van der Waals surface area contributed by atoms with Gasteiger partial charge >= 0.3 is 0 Å². The molecule has 0 amide bonds. The molecule has 112 valence electrons. The van der Waals surface area contributed by atoms with E-state index in [0.717, 1.165) is 12.2 Å². The number of anilines is 1. The Hall–Kier alpha value is -2.36. The Morgan fingerprint density at radius 1 is 0.952 bits per heavy atom. The van der Waals surface area contributed by atoms with E-state index in [1.54, 1.807) is 19.2 Å². The smallest absolute Gasteiger partial charge is 0.162 e. The molecule has 0 unspecified atom stereocenters. The van der Waals surface area contributed by atoms with E-state index in [1.165, 1.54) is 5.56 Å². The molecule has 0 aromatic heterocycles. The van der Waals surface area contributed by atoms with Crippen LogP contribution < -0.4 is 19.9 Å². The van der Waals surface area contributed by atoms with Crippen LogP contribution in [0.15, 0.2) is 42.5 Å². The number of benzene rings is 2. The Bertz CT molecular complexity index is 584. The van der Waals surface area contributed by atoms with Crippen LogP contribution in [0.4, 0.5) is 5.69 Å². The van der Waals surface area contributed by atoms with Crippen LogP contribution in [0.5, 0.6) is 17.2 Å². The maximum Gasteiger partial charge on any atom is 0.162 e. The van der Waals surface area contributed by atoms with E-state index in [0.29, 0.717) is 30.4 Å². The number of nitrogens with two attached hydrogens (primary N) is 1. The zero-order valence-electron chi connectivity index (χ0n) is 12.5. The van der Waals surface area contributed by atoms with Crippen molar-refractivity contribution >= 4 is 5.69 Å². The summed E-state index contributed by atoms with van der Waals surface area (Å²) in [6.07, 6.45) is 0.793. The van der Waals surface area contributed by atoms with Gasteiger partial charge in [-0.15, -0.1) is 0 Å². The van der Waals surface area contributed by atoms with Crippen molar-refractivity contribution in [2.75, 3.05) is 26.1 Å². The predicted molar refractivity (Wildman–Crippen MR) is 84.2 cm³/mol. The number of nitrogen functional groups attached to an aromatic ring is 1. The first kappa shape index (κ1) is 15.0. The molecule has 4 nitrogen and oxygen atoms in total. The molecule has 0 aliphatic heterocycles.